The van der Waals surface area contributed by atoms with Gasteiger partial charge in [-0.1, -0.05) is 18.2 Å². The highest BCUT2D eigenvalue weighted by molar-refractivity contribution is 7.19. The van der Waals surface area contributed by atoms with Crippen LogP contribution in [0.4, 0.5) is 4.39 Å². The lowest BCUT2D eigenvalue weighted by Gasteiger charge is -2.10. The Kier molecular flexibility index (Phi) is 15.1. The predicted molar refractivity (Wildman–Crippen MR) is 281 cm³/mol. The molecule has 0 unspecified atom stereocenters. The van der Waals surface area contributed by atoms with E-state index in [2.05, 4.69) is 122 Å². The summed E-state index contributed by atoms with van der Waals surface area (Å²) in [5.41, 5.74) is 16.6. The van der Waals surface area contributed by atoms with Crippen molar-refractivity contribution in [1.82, 2.24) is 0 Å². The van der Waals surface area contributed by atoms with E-state index in [1.54, 1.807) is 37.9 Å². The van der Waals surface area contributed by atoms with Crippen molar-refractivity contribution in [3.8, 4) is 56.8 Å². The van der Waals surface area contributed by atoms with Gasteiger partial charge in [-0.15, -0.1) is 11.3 Å². The zero-order chi connectivity index (χ0) is 51.2. The third-order valence-electron chi connectivity index (χ3n) is 13.2. The fourth-order valence-corrected chi connectivity index (χ4v) is 10.2. The van der Waals surface area contributed by atoms with Gasteiger partial charge in [-0.3, -0.25) is 0 Å². The van der Waals surface area contributed by atoms with Crippen molar-refractivity contribution >= 4 is 38.4 Å². The van der Waals surface area contributed by atoms with Crippen LogP contribution in [0.3, 0.4) is 0 Å². The molecule has 6 aromatic heterocycles. The number of hydrogen-bond acceptors (Lipinski definition) is 6. The zero-order valence-corrected chi connectivity index (χ0v) is 43.2. The van der Waals surface area contributed by atoms with Gasteiger partial charge in [0.15, 0.2) is 24.8 Å². The molecule has 1 aliphatic rings. The molecule has 7 heterocycles. The Balaban J connectivity index is 0.000000129. The van der Waals surface area contributed by atoms with E-state index in [0.717, 1.165) is 61.5 Å². The standard InChI is InChI=1S/C17H15N2O2.C15H13FNO.C15H14NS.C14H16NO/c1-10-11(2)15-9-21-17(20)14(15)6-13(10)16-5-4-12(7-18)8-19(16)3;1-10-7-15-11(4-6-18-15)8-13(10)14-9-12(16)3-5-17(14)2;1-11-15(13-8-5-6-10-16(13)2)12-7-3-4-9-14(12)17-11;1-11-10-12(16-3)7-8-13(11)14-6-4-5-9-15(14)2/h4-6,8H,9H2,1-3H3;3-9H,1-2H3;3-10H,1-2H3;4-10H,1-3H3/q4*+1. The van der Waals surface area contributed by atoms with E-state index in [1.807, 2.05) is 97.8 Å². The Morgan fingerprint density at radius 3 is 2.01 bits per heavy atom. The summed E-state index contributed by atoms with van der Waals surface area (Å²) in [5.74, 6) is 0.417. The minimum absolute atomic E-state index is 0.227. The molecule has 0 aliphatic carbocycles. The van der Waals surface area contributed by atoms with Crippen molar-refractivity contribution in [3.63, 3.8) is 0 Å². The number of halogens is 1. The Hall–Kier alpha value is -8.33. The van der Waals surface area contributed by atoms with E-state index in [9.17, 15) is 9.18 Å². The Labute approximate surface area is 424 Å². The van der Waals surface area contributed by atoms with Gasteiger partial charge in [-0.25, -0.2) is 22.9 Å². The molecule has 9 nitrogen and oxygen atoms in total. The summed E-state index contributed by atoms with van der Waals surface area (Å²) >= 11 is 1.87. The van der Waals surface area contributed by atoms with Gasteiger partial charge in [0.2, 0.25) is 22.8 Å². The molecule has 1 aliphatic heterocycles. The summed E-state index contributed by atoms with van der Waals surface area (Å²) in [6.07, 6.45) is 9.33. The number of cyclic esters (lactones) is 1. The molecule has 0 spiro atoms. The first kappa shape index (κ1) is 50.1. The van der Waals surface area contributed by atoms with Gasteiger partial charge in [0.05, 0.1) is 35.6 Å². The van der Waals surface area contributed by atoms with Crippen molar-refractivity contribution in [3.05, 3.63) is 208 Å². The molecule has 10 aromatic rings. The number of rotatable bonds is 5. The lowest BCUT2D eigenvalue weighted by molar-refractivity contribution is -0.660. The molecule has 11 heteroatoms. The highest BCUT2D eigenvalue weighted by Gasteiger charge is 2.28. The molecular weight excluding hydrogens is 918 g/mol. The molecule has 0 fully saturated rings. The SMILES string of the molecule is COc1ccc(-c2cccc[n+]2C)c(C)c1.Cc1c(-c2ccc(C#N)c[n+]2C)cc2c(c1C)COC2=O.Cc1cc2occc2cc1-c1cc(F)cc[n+]1C.Cc1sc2ccccc2c1-c1cccc[n+]1C. The number of ether oxygens (including phenoxy) is 2. The Morgan fingerprint density at radius 2 is 1.32 bits per heavy atom. The number of thiophene rings is 1. The number of methoxy groups -OCH3 is 1. The molecule has 0 atom stereocenters. The number of nitrogens with zero attached hydrogens (tertiary/aromatic N) is 5. The average molecular weight is 976 g/mol. The number of esters is 1. The van der Waals surface area contributed by atoms with Crippen LogP contribution in [-0.2, 0) is 39.5 Å². The number of aryl methyl sites for hydroxylation is 7. The van der Waals surface area contributed by atoms with Gasteiger partial charge in [-0.05, 0) is 124 Å². The average Bonchev–Trinajstić information content (AvgIpc) is 4.10. The second kappa shape index (κ2) is 21.8. The van der Waals surface area contributed by atoms with Crippen molar-refractivity contribution in [2.75, 3.05) is 7.11 Å². The molecule has 0 saturated heterocycles. The highest BCUT2D eigenvalue weighted by atomic mass is 32.1. The number of fused-ring (bicyclic) bond motifs is 3. The largest absolute Gasteiger partial charge is 0.497 e. The van der Waals surface area contributed by atoms with E-state index < -0.39 is 0 Å². The number of carbonyl (C=O) groups is 1. The topological polar surface area (TPSA) is 88.0 Å². The van der Waals surface area contributed by atoms with Crippen LogP contribution in [0.2, 0.25) is 0 Å². The summed E-state index contributed by atoms with van der Waals surface area (Å²) in [6, 6.07) is 44.0. The van der Waals surface area contributed by atoms with Crippen LogP contribution in [0.5, 0.6) is 5.75 Å². The van der Waals surface area contributed by atoms with Crippen molar-refractivity contribution in [2.45, 2.75) is 41.2 Å². The second-order valence-corrected chi connectivity index (χ2v) is 19.1. The number of pyridine rings is 4. The van der Waals surface area contributed by atoms with Crippen LogP contribution in [0.25, 0.3) is 66.1 Å². The van der Waals surface area contributed by atoms with Crippen LogP contribution in [0.1, 0.15) is 48.6 Å². The molecule has 360 valence electrons. The maximum absolute atomic E-state index is 13.4. The van der Waals surface area contributed by atoms with Gasteiger partial charge in [0.25, 0.3) is 0 Å². The normalized spacial score (nSPS) is 11.3. The molecule has 0 radical (unpaired) electrons. The molecule has 4 aromatic carbocycles. The maximum atomic E-state index is 13.4. The van der Waals surface area contributed by atoms with Crippen LogP contribution >= 0.6 is 11.3 Å². The first-order valence-electron chi connectivity index (χ1n) is 23.5. The second-order valence-electron chi connectivity index (χ2n) is 17.9. The van der Waals surface area contributed by atoms with Crippen molar-refractivity contribution < 1.29 is 41.3 Å². The number of nitriles is 1. The van der Waals surface area contributed by atoms with Gasteiger partial charge >= 0.3 is 5.97 Å². The van der Waals surface area contributed by atoms with Crippen molar-refractivity contribution in [2.24, 2.45) is 28.2 Å². The lowest BCUT2D eigenvalue weighted by atomic mass is 9.92. The van der Waals surface area contributed by atoms with Crippen molar-refractivity contribution in [1.29, 1.82) is 5.26 Å². The Morgan fingerprint density at radius 1 is 0.639 bits per heavy atom. The fourth-order valence-electron chi connectivity index (χ4n) is 9.09. The summed E-state index contributed by atoms with van der Waals surface area (Å²) in [6.45, 7) is 10.7. The van der Waals surface area contributed by atoms with E-state index in [-0.39, 0.29) is 11.8 Å². The number of carbonyl (C=O) groups excluding carboxylic acids is 1. The van der Waals surface area contributed by atoms with Crippen LogP contribution in [-0.4, -0.2) is 13.1 Å². The van der Waals surface area contributed by atoms with E-state index in [4.69, 9.17) is 19.2 Å². The lowest BCUT2D eigenvalue weighted by Crippen LogP contribution is -2.31. The highest BCUT2D eigenvalue weighted by Crippen LogP contribution is 2.37. The monoisotopic (exact) mass is 975 g/mol. The van der Waals surface area contributed by atoms with E-state index in [1.165, 1.54) is 49.1 Å². The Bertz CT molecular complexity index is 3700. The number of furan rings is 1. The minimum atomic E-state index is -0.259. The first-order valence-corrected chi connectivity index (χ1v) is 24.4. The summed E-state index contributed by atoms with van der Waals surface area (Å²) in [5, 5.41) is 11.3. The summed E-state index contributed by atoms with van der Waals surface area (Å²) in [7, 11) is 9.65. The molecule has 11 rings (SSSR count). The molecule has 0 bridgehead atoms. The molecule has 0 saturated carbocycles. The number of aromatic nitrogens is 4. The minimum Gasteiger partial charge on any atom is -0.497 e. The zero-order valence-electron chi connectivity index (χ0n) is 42.4. The van der Waals surface area contributed by atoms with Crippen LogP contribution < -0.4 is 23.0 Å². The van der Waals surface area contributed by atoms with Gasteiger partial charge in [0.1, 0.15) is 63.6 Å². The van der Waals surface area contributed by atoms with Crippen LogP contribution in [0, 0.1) is 51.8 Å². The summed E-state index contributed by atoms with van der Waals surface area (Å²) < 4.78 is 38.6. The molecule has 0 amide bonds. The third kappa shape index (κ3) is 10.6. The van der Waals surface area contributed by atoms with Gasteiger partial charge < -0.3 is 13.9 Å². The predicted octanol–water partition coefficient (Wildman–Crippen LogP) is 11.9. The maximum Gasteiger partial charge on any atom is 0.338 e. The van der Waals surface area contributed by atoms with Gasteiger partial charge in [-0.2, -0.15) is 9.83 Å². The smallest absolute Gasteiger partial charge is 0.338 e. The fraction of sp³-hybridized carbons (Fsp3) is 0.180. The van der Waals surface area contributed by atoms with Gasteiger partial charge in [0, 0.05) is 73.9 Å². The third-order valence-corrected chi connectivity index (χ3v) is 14.3. The number of hydrogen-bond donors (Lipinski definition) is 0. The summed E-state index contributed by atoms with van der Waals surface area (Å²) in [4.78, 5) is 13.2. The van der Waals surface area contributed by atoms with E-state index in [0.29, 0.717) is 17.7 Å². The van der Waals surface area contributed by atoms with Crippen LogP contribution in [0.15, 0.2) is 163 Å². The number of benzene rings is 4. The molecule has 72 heavy (non-hydrogen) atoms. The molecular formula is C61H58FN5O4S+4. The quantitative estimate of drug-likeness (QED) is 0.127. The first-order chi connectivity index (χ1) is 34.7. The molecule has 0 N–H and O–H groups in total. The van der Waals surface area contributed by atoms with E-state index >= 15 is 0 Å².